The number of rotatable bonds is 4. The molecule has 4 heterocycles. The maximum atomic E-state index is 13.9. The Morgan fingerprint density at radius 1 is 1.19 bits per heavy atom. The molecule has 172 valence electrons. The molecule has 0 aromatic carbocycles. The first-order chi connectivity index (χ1) is 15.2. The minimum absolute atomic E-state index is 0.0689. The lowest BCUT2D eigenvalue weighted by molar-refractivity contribution is -0.0413. The highest BCUT2D eigenvalue weighted by Gasteiger charge is 2.43. The molecule has 0 aliphatic carbocycles. The van der Waals surface area contributed by atoms with E-state index in [9.17, 15) is 9.18 Å². The highest BCUT2D eigenvalue weighted by atomic mass is 19.1. The molecule has 9 heteroatoms. The number of nitrogens with zero attached hydrogens (tertiary/aromatic N) is 4. The molecule has 0 saturated carbocycles. The van der Waals surface area contributed by atoms with Gasteiger partial charge in [0.05, 0.1) is 11.3 Å². The van der Waals surface area contributed by atoms with Crippen molar-refractivity contribution in [3.05, 3.63) is 36.2 Å². The molecular weight excluding hydrogens is 413 g/mol. The first-order valence-corrected chi connectivity index (χ1v) is 11.1. The second kappa shape index (κ2) is 8.88. The van der Waals surface area contributed by atoms with Crippen LogP contribution in [0, 0.1) is 12.9 Å². The summed E-state index contributed by atoms with van der Waals surface area (Å²) < 4.78 is 25.9. The van der Waals surface area contributed by atoms with E-state index >= 15 is 0 Å². The molecule has 8 nitrogen and oxygen atoms in total. The molecule has 0 spiro atoms. The number of carbonyl (C=O) groups is 1. The second-order valence-electron chi connectivity index (χ2n) is 9.46. The van der Waals surface area contributed by atoms with E-state index < -0.39 is 11.5 Å². The lowest BCUT2D eigenvalue weighted by Crippen LogP contribution is -2.57. The highest BCUT2D eigenvalue weighted by molar-refractivity contribution is 5.69. The molecule has 4 rings (SSSR count). The summed E-state index contributed by atoms with van der Waals surface area (Å²) >= 11 is 0. The van der Waals surface area contributed by atoms with Gasteiger partial charge in [-0.3, -0.25) is 0 Å². The Labute approximate surface area is 187 Å². The number of pyridine rings is 1. The van der Waals surface area contributed by atoms with E-state index in [0.717, 1.165) is 32.1 Å². The van der Waals surface area contributed by atoms with Crippen molar-refractivity contribution in [1.29, 1.82) is 0 Å². The van der Waals surface area contributed by atoms with Crippen molar-refractivity contribution in [1.82, 2.24) is 19.9 Å². The Hall–Kier alpha value is -2.97. The molecular formula is C23H30FN5O3. The second-order valence-corrected chi connectivity index (χ2v) is 9.46. The maximum absolute atomic E-state index is 13.9. The van der Waals surface area contributed by atoms with E-state index in [1.807, 2.05) is 32.6 Å². The van der Waals surface area contributed by atoms with Crippen LogP contribution in [-0.2, 0) is 4.74 Å². The lowest BCUT2D eigenvalue weighted by Gasteiger charge is -2.48. The number of piperidine rings is 2. The van der Waals surface area contributed by atoms with Crippen molar-refractivity contribution in [3.63, 3.8) is 0 Å². The number of hydrogen-bond acceptors (Lipinski definition) is 7. The summed E-state index contributed by atoms with van der Waals surface area (Å²) in [6.07, 6.45) is 6.89. The molecule has 1 amide bonds. The largest absolute Gasteiger partial charge is 0.474 e. The summed E-state index contributed by atoms with van der Waals surface area (Å²) in [7, 11) is 0. The van der Waals surface area contributed by atoms with Gasteiger partial charge < -0.3 is 19.7 Å². The van der Waals surface area contributed by atoms with Crippen LogP contribution in [-0.4, -0.2) is 49.7 Å². The molecule has 32 heavy (non-hydrogen) atoms. The van der Waals surface area contributed by atoms with Gasteiger partial charge in [0.15, 0.2) is 0 Å². The predicted octanol–water partition coefficient (Wildman–Crippen LogP) is 4.76. The molecule has 2 aromatic rings. The van der Waals surface area contributed by atoms with Crippen molar-refractivity contribution < 1.29 is 18.7 Å². The zero-order valence-corrected chi connectivity index (χ0v) is 19.0. The molecule has 2 bridgehead atoms. The molecule has 2 fully saturated rings. The third kappa shape index (κ3) is 4.92. The van der Waals surface area contributed by atoms with Crippen LogP contribution in [0.3, 0.4) is 0 Å². The molecule has 2 aliphatic heterocycles. The van der Waals surface area contributed by atoms with Crippen LogP contribution < -0.4 is 10.1 Å². The standard InChI is InChI=1S/C23H30FN5O3/c1-14-20(28-18-9-6-10-25-19(18)24)26-13-27-21(14)31-17-11-15-7-5-8-16(12-17)29(15)22(30)32-23(2,3)4/h6,9-10,13,15-17H,5,7-8,11-12H2,1-4H3,(H,26,27,28). The van der Waals surface area contributed by atoms with Gasteiger partial charge in [-0.1, -0.05) is 0 Å². The number of fused-ring (bicyclic) bond motifs is 2. The van der Waals surface area contributed by atoms with E-state index in [2.05, 4.69) is 20.3 Å². The zero-order chi connectivity index (χ0) is 22.9. The van der Waals surface area contributed by atoms with Crippen molar-refractivity contribution >= 4 is 17.6 Å². The summed E-state index contributed by atoms with van der Waals surface area (Å²) in [6.45, 7) is 7.49. The number of carbonyl (C=O) groups excluding carboxylic acids is 1. The molecule has 2 aliphatic rings. The first-order valence-electron chi connectivity index (χ1n) is 11.1. The van der Waals surface area contributed by atoms with Gasteiger partial charge in [-0.15, -0.1) is 0 Å². The van der Waals surface area contributed by atoms with Crippen LogP contribution in [0.2, 0.25) is 0 Å². The smallest absolute Gasteiger partial charge is 0.410 e. The van der Waals surface area contributed by atoms with Crippen molar-refractivity contribution in [3.8, 4) is 5.88 Å². The Morgan fingerprint density at radius 3 is 2.56 bits per heavy atom. The van der Waals surface area contributed by atoms with Crippen LogP contribution in [0.5, 0.6) is 5.88 Å². The van der Waals surface area contributed by atoms with Crippen molar-refractivity contribution in [2.24, 2.45) is 0 Å². The Balaban J connectivity index is 1.47. The average Bonchev–Trinajstić information content (AvgIpc) is 2.70. The summed E-state index contributed by atoms with van der Waals surface area (Å²) in [5.74, 6) is 0.323. The minimum atomic E-state index is -0.602. The lowest BCUT2D eigenvalue weighted by atomic mass is 9.83. The summed E-state index contributed by atoms with van der Waals surface area (Å²) in [5, 5.41) is 2.96. The topological polar surface area (TPSA) is 89.5 Å². The SMILES string of the molecule is Cc1c(Nc2cccnc2F)ncnc1OC1CC2CCCC(C1)N2C(=O)OC(C)(C)C. The fourth-order valence-electron chi connectivity index (χ4n) is 4.48. The molecule has 1 N–H and O–H groups in total. The third-order valence-corrected chi connectivity index (χ3v) is 5.86. The van der Waals surface area contributed by atoms with E-state index in [1.54, 1.807) is 12.1 Å². The number of halogens is 1. The van der Waals surface area contributed by atoms with Gasteiger partial charge in [0.25, 0.3) is 0 Å². The number of nitrogens with one attached hydrogen (secondary N) is 1. The minimum Gasteiger partial charge on any atom is -0.474 e. The monoisotopic (exact) mass is 443 g/mol. The van der Waals surface area contributed by atoms with Gasteiger partial charge in [-0.2, -0.15) is 4.39 Å². The maximum Gasteiger partial charge on any atom is 0.410 e. The van der Waals surface area contributed by atoms with Crippen molar-refractivity contribution in [2.45, 2.75) is 83.6 Å². The first kappa shape index (κ1) is 22.2. The number of amides is 1. The van der Waals surface area contributed by atoms with Crippen molar-refractivity contribution in [2.75, 3.05) is 5.32 Å². The highest BCUT2D eigenvalue weighted by Crippen LogP contribution is 2.37. The number of anilines is 2. The number of ether oxygens (including phenoxy) is 2. The van der Waals surface area contributed by atoms with Gasteiger partial charge in [-0.25, -0.2) is 19.7 Å². The van der Waals surface area contributed by atoms with Crippen LogP contribution in [0.15, 0.2) is 24.7 Å². The van der Waals surface area contributed by atoms with E-state index in [1.165, 1.54) is 12.5 Å². The number of aromatic nitrogens is 3. The molecule has 2 aromatic heterocycles. The van der Waals surface area contributed by atoms with Crippen LogP contribution in [0.4, 0.5) is 20.7 Å². The van der Waals surface area contributed by atoms with Crippen LogP contribution >= 0.6 is 0 Å². The van der Waals surface area contributed by atoms with Gasteiger partial charge in [0, 0.05) is 31.1 Å². The fourth-order valence-corrected chi connectivity index (χ4v) is 4.48. The molecule has 0 radical (unpaired) electrons. The van der Waals surface area contributed by atoms with Gasteiger partial charge >= 0.3 is 6.09 Å². The fraction of sp³-hybridized carbons (Fsp3) is 0.565. The molecule has 2 saturated heterocycles. The predicted molar refractivity (Wildman–Crippen MR) is 117 cm³/mol. The van der Waals surface area contributed by atoms with Crippen LogP contribution in [0.1, 0.15) is 58.4 Å². The molecule has 2 atom stereocenters. The molecule has 2 unspecified atom stereocenters. The van der Waals surface area contributed by atoms with Crippen LogP contribution in [0.25, 0.3) is 0 Å². The Kier molecular flexibility index (Phi) is 6.17. The summed E-state index contributed by atoms with van der Waals surface area (Å²) in [4.78, 5) is 26.9. The van der Waals surface area contributed by atoms with Gasteiger partial charge in [0.2, 0.25) is 11.8 Å². The number of hydrogen-bond donors (Lipinski definition) is 1. The van der Waals surface area contributed by atoms with Gasteiger partial charge in [0.1, 0.15) is 23.9 Å². The zero-order valence-electron chi connectivity index (χ0n) is 19.0. The Morgan fingerprint density at radius 2 is 1.91 bits per heavy atom. The quantitative estimate of drug-likeness (QED) is 0.681. The average molecular weight is 444 g/mol. The third-order valence-electron chi connectivity index (χ3n) is 5.86. The normalized spacial score (nSPS) is 22.9. The van der Waals surface area contributed by atoms with Gasteiger partial charge in [-0.05, 0) is 59.1 Å². The summed E-state index contributed by atoms with van der Waals surface area (Å²) in [6, 6.07) is 3.42. The summed E-state index contributed by atoms with van der Waals surface area (Å²) in [5.41, 5.74) is 0.407. The van der Waals surface area contributed by atoms with E-state index in [-0.39, 0.29) is 30.0 Å². The Bertz CT molecular complexity index is 966. The van der Waals surface area contributed by atoms with E-state index in [4.69, 9.17) is 9.47 Å². The van der Waals surface area contributed by atoms with E-state index in [0.29, 0.717) is 17.3 Å².